The van der Waals surface area contributed by atoms with Crippen molar-refractivity contribution in [2.45, 2.75) is 20.3 Å². The van der Waals surface area contributed by atoms with Gasteiger partial charge in [0, 0.05) is 19.3 Å². The number of anilines is 1. The maximum atomic E-state index is 12.4. The second kappa shape index (κ2) is 7.68. The molecule has 0 saturated carbocycles. The molecule has 1 aliphatic heterocycles. The summed E-state index contributed by atoms with van der Waals surface area (Å²) < 4.78 is 5.21. The zero-order valence-electron chi connectivity index (χ0n) is 13.9. The smallest absolute Gasteiger partial charge is 0.267 e. The second-order valence-electron chi connectivity index (χ2n) is 6.21. The largest absolute Gasteiger partial charge is 0.495 e. The predicted molar refractivity (Wildman–Crippen MR) is 89.8 cm³/mol. The number of para-hydroxylation sites is 2. The number of hydrogen-bond acceptors (Lipinski definition) is 4. The van der Waals surface area contributed by atoms with Crippen molar-refractivity contribution >= 4 is 11.6 Å². The number of hydrogen-bond donors (Lipinski definition) is 1. The van der Waals surface area contributed by atoms with Crippen molar-refractivity contribution in [3.8, 4) is 11.8 Å². The molecule has 1 aromatic carbocycles. The number of carbonyl (C=O) groups excluding carboxylic acids is 1. The minimum atomic E-state index is -0.414. The van der Waals surface area contributed by atoms with E-state index in [1.54, 1.807) is 25.4 Å². The van der Waals surface area contributed by atoms with Crippen LogP contribution < -0.4 is 10.1 Å². The highest BCUT2D eigenvalue weighted by atomic mass is 16.5. The summed E-state index contributed by atoms with van der Waals surface area (Å²) in [4.78, 5) is 14.4. The number of nitriles is 1. The van der Waals surface area contributed by atoms with E-state index in [0.717, 1.165) is 13.1 Å². The van der Waals surface area contributed by atoms with Gasteiger partial charge < -0.3 is 15.0 Å². The molecule has 1 fully saturated rings. The SMILES string of the molecule is COc1ccccc1NC(=O)/C(C#N)=C\N1CC(C)CC(C)C1. The first-order chi connectivity index (χ1) is 11.0. The fraction of sp³-hybridized carbons (Fsp3) is 0.444. The minimum Gasteiger partial charge on any atom is -0.495 e. The number of carbonyl (C=O) groups is 1. The lowest BCUT2D eigenvalue weighted by atomic mass is 9.92. The van der Waals surface area contributed by atoms with E-state index in [0.29, 0.717) is 23.3 Å². The van der Waals surface area contributed by atoms with Crippen molar-refractivity contribution in [1.29, 1.82) is 5.26 Å². The van der Waals surface area contributed by atoms with Crippen molar-refractivity contribution in [2.75, 3.05) is 25.5 Å². The Kier molecular flexibility index (Phi) is 5.64. The molecule has 23 heavy (non-hydrogen) atoms. The Balaban J connectivity index is 2.12. The highest BCUT2D eigenvalue weighted by Crippen LogP contribution is 2.24. The number of methoxy groups -OCH3 is 1. The molecule has 1 N–H and O–H groups in total. The number of nitrogens with zero attached hydrogens (tertiary/aromatic N) is 2. The molecule has 0 bridgehead atoms. The highest BCUT2D eigenvalue weighted by Gasteiger charge is 2.21. The van der Waals surface area contributed by atoms with Gasteiger partial charge in [0.05, 0.1) is 12.8 Å². The van der Waals surface area contributed by atoms with Gasteiger partial charge in [0.25, 0.3) is 5.91 Å². The van der Waals surface area contributed by atoms with Gasteiger partial charge in [0.15, 0.2) is 0 Å². The van der Waals surface area contributed by atoms with Crippen LogP contribution in [0.25, 0.3) is 0 Å². The number of benzene rings is 1. The van der Waals surface area contributed by atoms with Crippen molar-refractivity contribution in [2.24, 2.45) is 11.8 Å². The van der Waals surface area contributed by atoms with E-state index in [-0.39, 0.29) is 5.57 Å². The lowest BCUT2D eigenvalue weighted by Gasteiger charge is -2.34. The maximum absolute atomic E-state index is 12.4. The van der Waals surface area contributed by atoms with E-state index >= 15 is 0 Å². The zero-order valence-corrected chi connectivity index (χ0v) is 13.9. The molecule has 0 radical (unpaired) electrons. The number of piperidine rings is 1. The van der Waals surface area contributed by atoms with E-state index in [4.69, 9.17) is 4.74 Å². The second-order valence-corrected chi connectivity index (χ2v) is 6.21. The van der Waals surface area contributed by atoms with Crippen LogP contribution in [0, 0.1) is 23.2 Å². The number of rotatable bonds is 4. The molecule has 0 spiro atoms. The molecular formula is C18H23N3O2. The van der Waals surface area contributed by atoms with Crippen LogP contribution in [-0.4, -0.2) is 31.0 Å². The van der Waals surface area contributed by atoms with Gasteiger partial charge in [-0.3, -0.25) is 4.79 Å². The molecule has 1 saturated heterocycles. The number of amides is 1. The fourth-order valence-corrected chi connectivity index (χ4v) is 3.07. The topological polar surface area (TPSA) is 65.4 Å². The summed E-state index contributed by atoms with van der Waals surface area (Å²) >= 11 is 0. The Morgan fingerprint density at radius 3 is 2.61 bits per heavy atom. The Labute approximate surface area is 137 Å². The van der Waals surface area contributed by atoms with Gasteiger partial charge in [-0.15, -0.1) is 0 Å². The molecule has 2 unspecified atom stereocenters. The van der Waals surface area contributed by atoms with Gasteiger partial charge in [0.2, 0.25) is 0 Å². The van der Waals surface area contributed by atoms with Crippen molar-refractivity contribution in [3.63, 3.8) is 0 Å². The summed E-state index contributed by atoms with van der Waals surface area (Å²) in [7, 11) is 1.54. The van der Waals surface area contributed by atoms with Crippen molar-refractivity contribution in [1.82, 2.24) is 4.90 Å². The Hall–Kier alpha value is -2.48. The average Bonchev–Trinajstić information content (AvgIpc) is 2.52. The summed E-state index contributed by atoms with van der Waals surface area (Å²) in [5.41, 5.74) is 0.665. The van der Waals surface area contributed by atoms with E-state index in [1.807, 2.05) is 18.2 Å². The summed E-state index contributed by atoms with van der Waals surface area (Å²) in [6, 6.07) is 9.15. The summed E-state index contributed by atoms with van der Waals surface area (Å²) in [5, 5.41) is 12.1. The van der Waals surface area contributed by atoms with Gasteiger partial charge in [-0.25, -0.2) is 0 Å². The molecule has 1 aliphatic rings. The molecule has 5 heteroatoms. The first-order valence-corrected chi connectivity index (χ1v) is 7.83. The summed E-state index contributed by atoms with van der Waals surface area (Å²) in [5.74, 6) is 1.28. The van der Waals surface area contributed by atoms with E-state index in [9.17, 15) is 10.1 Å². The van der Waals surface area contributed by atoms with Gasteiger partial charge >= 0.3 is 0 Å². The normalized spacial score (nSPS) is 21.5. The van der Waals surface area contributed by atoms with Crippen LogP contribution in [0.2, 0.25) is 0 Å². The standard InChI is InChI=1S/C18H23N3O2/c1-13-8-14(2)11-21(10-13)12-15(9-19)18(22)20-16-6-4-5-7-17(16)23-3/h4-7,12-14H,8,10-11H2,1-3H3,(H,20,22)/b15-12-. The van der Waals surface area contributed by atoms with Gasteiger partial charge in [-0.2, -0.15) is 5.26 Å². The lowest BCUT2D eigenvalue weighted by Crippen LogP contribution is -2.35. The lowest BCUT2D eigenvalue weighted by molar-refractivity contribution is -0.112. The van der Waals surface area contributed by atoms with Crippen LogP contribution >= 0.6 is 0 Å². The maximum Gasteiger partial charge on any atom is 0.267 e. The zero-order chi connectivity index (χ0) is 16.8. The average molecular weight is 313 g/mol. The van der Waals surface area contributed by atoms with Gasteiger partial charge in [0.1, 0.15) is 17.4 Å². The van der Waals surface area contributed by atoms with Crippen LogP contribution in [0.15, 0.2) is 36.0 Å². The van der Waals surface area contributed by atoms with Crippen LogP contribution in [0.4, 0.5) is 5.69 Å². The highest BCUT2D eigenvalue weighted by molar-refractivity contribution is 6.07. The molecule has 5 nitrogen and oxygen atoms in total. The molecule has 1 amide bonds. The number of nitrogens with one attached hydrogen (secondary N) is 1. The molecule has 1 heterocycles. The molecule has 1 aromatic rings. The third-order valence-electron chi connectivity index (χ3n) is 3.93. The predicted octanol–water partition coefficient (Wildman–Crippen LogP) is 3.02. The van der Waals surface area contributed by atoms with Crippen LogP contribution in [-0.2, 0) is 4.79 Å². The van der Waals surface area contributed by atoms with Crippen LogP contribution in [0.3, 0.4) is 0 Å². The number of ether oxygens (including phenoxy) is 1. The Morgan fingerprint density at radius 2 is 2.00 bits per heavy atom. The van der Waals surface area contributed by atoms with E-state index in [2.05, 4.69) is 24.1 Å². The quantitative estimate of drug-likeness (QED) is 0.685. The van der Waals surface area contributed by atoms with Gasteiger partial charge in [-0.1, -0.05) is 26.0 Å². The third kappa shape index (κ3) is 4.49. The molecule has 2 atom stereocenters. The minimum absolute atomic E-state index is 0.109. The van der Waals surface area contributed by atoms with E-state index < -0.39 is 5.91 Å². The van der Waals surface area contributed by atoms with E-state index in [1.165, 1.54) is 6.42 Å². The van der Waals surface area contributed by atoms with Gasteiger partial charge in [-0.05, 0) is 30.4 Å². The van der Waals surface area contributed by atoms with Crippen LogP contribution in [0.1, 0.15) is 20.3 Å². The van der Waals surface area contributed by atoms with Crippen molar-refractivity contribution < 1.29 is 9.53 Å². The first-order valence-electron chi connectivity index (χ1n) is 7.83. The molecular weight excluding hydrogens is 290 g/mol. The first kappa shape index (κ1) is 16.9. The fourth-order valence-electron chi connectivity index (χ4n) is 3.07. The molecule has 2 rings (SSSR count). The van der Waals surface area contributed by atoms with Crippen LogP contribution in [0.5, 0.6) is 5.75 Å². The molecule has 122 valence electrons. The molecule has 0 aliphatic carbocycles. The summed E-state index contributed by atoms with van der Waals surface area (Å²) in [6.45, 7) is 6.13. The van der Waals surface area contributed by atoms with Crippen molar-refractivity contribution in [3.05, 3.63) is 36.0 Å². The Bertz CT molecular complexity index is 623. The monoisotopic (exact) mass is 313 g/mol. The Morgan fingerprint density at radius 1 is 1.35 bits per heavy atom. The summed E-state index contributed by atoms with van der Waals surface area (Å²) in [6.07, 6.45) is 2.86. The third-order valence-corrected chi connectivity index (χ3v) is 3.93. The number of likely N-dealkylation sites (tertiary alicyclic amines) is 1. The molecule has 0 aromatic heterocycles.